The van der Waals surface area contributed by atoms with Crippen LogP contribution in [0.5, 0.6) is 11.5 Å². The summed E-state index contributed by atoms with van der Waals surface area (Å²) in [5.41, 5.74) is 1.64. The Balaban J connectivity index is 1.16. The Morgan fingerprint density at radius 3 is 2.28 bits per heavy atom. The number of nitrogens with zero attached hydrogens (tertiary/aromatic N) is 2. The summed E-state index contributed by atoms with van der Waals surface area (Å²) in [6.45, 7) is 1.43. The van der Waals surface area contributed by atoms with Crippen molar-refractivity contribution in [3.63, 3.8) is 0 Å². The van der Waals surface area contributed by atoms with Crippen LogP contribution in [0.25, 0.3) is 0 Å². The number of benzene rings is 3. The van der Waals surface area contributed by atoms with E-state index >= 15 is 0 Å². The van der Waals surface area contributed by atoms with Crippen LogP contribution < -0.4 is 18.9 Å². The number of carbonyl (C=O) groups is 2. The third-order valence-corrected chi connectivity index (χ3v) is 12.7. The molecule has 8 rings (SSSR count). The zero-order valence-corrected chi connectivity index (χ0v) is 33.7. The van der Waals surface area contributed by atoms with Gasteiger partial charge in [-0.3, -0.25) is 4.90 Å². The first-order valence-electron chi connectivity index (χ1n) is 18.8. The molecule has 3 saturated heterocycles. The summed E-state index contributed by atoms with van der Waals surface area (Å²) in [7, 11) is -4.47. The van der Waals surface area contributed by atoms with Crippen molar-refractivity contribution in [2.45, 2.75) is 68.8 Å². The molecule has 0 radical (unpaired) electrons. The molecule has 58 heavy (non-hydrogen) atoms. The van der Waals surface area contributed by atoms with Gasteiger partial charge in [0, 0.05) is 18.5 Å². The van der Waals surface area contributed by atoms with Gasteiger partial charge in [0.25, 0.3) is 0 Å². The van der Waals surface area contributed by atoms with Gasteiger partial charge in [0.1, 0.15) is 28.3 Å². The highest BCUT2D eigenvalue weighted by Gasteiger charge is 2.39. The van der Waals surface area contributed by atoms with Crippen LogP contribution in [0.3, 0.4) is 0 Å². The molecule has 1 aliphatic carbocycles. The lowest BCUT2D eigenvalue weighted by atomic mass is 9.86. The molecule has 308 valence electrons. The van der Waals surface area contributed by atoms with E-state index in [1.807, 2.05) is 6.92 Å². The molecule has 4 aliphatic rings. The number of pyridine rings is 1. The number of alkyl halides is 2. The van der Waals surface area contributed by atoms with Crippen LogP contribution in [0.2, 0.25) is 10.0 Å². The number of aryl methyl sites for hydroxylation is 1. The monoisotopic (exact) mass is 859 g/mol. The minimum Gasteiger partial charge on any atom is -0.619 e. The predicted octanol–water partition coefficient (Wildman–Crippen LogP) is 7.12. The van der Waals surface area contributed by atoms with Crippen LogP contribution in [0, 0.1) is 24.0 Å². The summed E-state index contributed by atoms with van der Waals surface area (Å²) in [6, 6.07) is 14.6. The molecule has 4 fully saturated rings. The first-order valence-corrected chi connectivity index (χ1v) is 21.1. The average molecular weight is 861 g/mol. The van der Waals surface area contributed by atoms with Crippen LogP contribution in [0.4, 0.5) is 8.78 Å². The lowest BCUT2D eigenvalue weighted by Gasteiger charge is -2.44. The number of rotatable bonds is 16. The minimum absolute atomic E-state index is 0.0114. The van der Waals surface area contributed by atoms with E-state index in [1.54, 1.807) is 24.3 Å². The highest BCUT2D eigenvalue weighted by molar-refractivity contribution is 7.89. The Kier molecular flexibility index (Phi) is 12.7. The molecular formula is C41H41Cl2F2N3O9S. The fourth-order valence-electron chi connectivity index (χ4n) is 7.15. The van der Waals surface area contributed by atoms with Crippen LogP contribution in [0.15, 0.2) is 84.0 Å². The van der Waals surface area contributed by atoms with Crippen molar-refractivity contribution in [2.24, 2.45) is 11.8 Å². The SMILES string of the molecule is Cc1ccc(C(NS(=O)(=O)c2cccc(C(=O)OC(Cc3c(Cl)c[n+]([O-])cc3Cl)c3ccc(OC(F)F)c(OCC4CC4)c3)c2)C(=O)O[C@H]2CN3CCC2CC3)cc1. The third-order valence-electron chi connectivity index (χ3n) is 10.6. The Hall–Kier alpha value is -4.54. The molecule has 4 aromatic rings. The maximum atomic E-state index is 14.0. The van der Waals surface area contributed by atoms with E-state index in [2.05, 4.69) is 14.4 Å². The van der Waals surface area contributed by atoms with Gasteiger partial charge in [0.2, 0.25) is 10.0 Å². The molecule has 1 saturated carbocycles. The van der Waals surface area contributed by atoms with Crippen LogP contribution in [-0.2, 0) is 30.7 Å². The van der Waals surface area contributed by atoms with E-state index in [0.29, 0.717) is 16.8 Å². The zero-order valence-electron chi connectivity index (χ0n) is 31.3. The number of carbonyl (C=O) groups excluding carboxylic acids is 2. The summed E-state index contributed by atoms with van der Waals surface area (Å²) in [4.78, 5) is 29.6. The summed E-state index contributed by atoms with van der Waals surface area (Å²) in [5.74, 6) is -1.49. The Morgan fingerprint density at radius 1 is 0.948 bits per heavy atom. The summed E-state index contributed by atoms with van der Waals surface area (Å²) in [6.07, 6.45) is 4.03. The van der Waals surface area contributed by atoms with E-state index in [9.17, 15) is 32.0 Å². The minimum atomic E-state index is -4.47. The Morgan fingerprint density at radius 2 is 1.64 bits per heavy atom. The van der Waals surface area contributed by atoms with Gasteiger partial charge in [-0.2, -0.15) is 18.2 Å². The lowest BCUT2D eigenvalue weighted by molar-refractivity contribution is -0.605. The molecule has 2 bridgehead atoms. The zero-order chi connectivity index (χ0) is 41.1. The van der Waals surface area contributed by atoms with E-state index in [0.717, 1.165) is 62.8 Å². The number of halogens is 4. The maximum absolute atomic E-state index is 14.0. The number of hydrogen-bond donors (Lipinski definition) is 1. The van der Waals surface area contributed by atoms with Crippen LogP contribution in [0.1, 0.15) is 70.4 Å². The first kappa shape index (κ1) is 41.6. The van der Waals surface area contributed by atoms with Gasteiger partial charge in [-0.15, -0.1) is 0 Å². The molecule has 12 nitrogen and oxygen atoms in total. The van der Waals surface area contributed by atoms with Gasteiger partial charge >= 0.3 is 18.6 Å². The molecule has 0 amide bonds. The van der Waals surface area contributed by atoms with Gasteiger partial charge in [-0.1, -0.05) is 65.2 Å². The summed E-state index contributed by atoms with van der Waals surface area (Å²) < 4.78 is 80.0. The van der Waals surface area contributed by atoms with Crippen molar-refractivity contribution in [2.75, 3.05) is 26.2 Å². The van der Waals surface area contributed by atoms with Crippen molar-refractivity contribution < 1.29 is 50.5 Å². The van der Waals surface area contributed by atoms with Gasteiger partial charge in [-0.05, 0) is 99.0 Å². The number of ether oxygens (including phenoxy) is 4. The van der Waals surface area contributed by atoms with Crippen molar-refractivity contribution in [1.29, 1.82) is 0 Å². The molecule has 17 heteroatoms. The highest BCUT2D eigenvalue weighted by atomic mass is 35.5. The third kappa shape index (κ3) is 10.2. The maximum Gasteiger partial charge on any atom is 0.387 e. The second kappa shape index (κ2) is 17.8. The number of hydrogen-bond acceptors (Lipinski definition) is 10. The van der Waals surface area contributed by atoms with Gasteiger partial charge in [-0.25, -0.2) is 18.0 Å². The number of nitrogens with one attached hydrogen (secondary N) is 1. The van der Waals surface area contributed by atoms with Crippen molar-refractivity contribution in [3.05, 3.63) is 122 Å². The molecule has 4 heterocycles. The average Bonchev–Trinajstić information content (AvgIpc) is 4.03. The van der Waals surface area contributed by atoms with Gasteiger partial charge < -0.3 is 24.2 Å². The van der Waals surface area contributed by atoms with Crippen LogP contribution in [-0.4, -0.2) is 64.2 Å². The standard InChI is InChI=1S/C41H41Cl2F2N3O9S/c1-24-5-9-27(10-6-24)38(40(50)56-37-22-47-15-13-26(37)14-16-47)46-58(52,53)30-4-2-3-29(17-30)39(49)55-35(19-31-32(42)20-48(51)21-33(31)43)28-11-12-34(57-41(44)45)36(18-28)54-23-25-7-8-25/h2-6,9-12,17-18,20-21,25-26,35,37-38,41,46H,7-8,13-16,19,22-23H2,1H3/t35?,37-,38?/m0/s1. The van der Waals surface area contributed by atoms with Crippen molar-refractivity contribution in [3.8, 4) is 11.5 Å². The molecule has 0 spiro atoms. The van der Waals surface area contributed by atoms with Crippen molar-refractivity contribution >= 4 is 45.2 Å². The molecule has 1 N–H and O–H groups in total. The normalized spacial score (nSPS) is 20.0. The quantitative estimate of drug-likeness (QED) is 0.0702. The molecule has 3 atom stereocenters. The van der Waals surface area contributed by atoms with Gasteiger partial charge in [0.05, 0.1) is 17.1 Å². The summed E-state index contributed by atoms with van der Waals surface area (Å²) in [5, 5.41) is 11.9. The van der Waals surface area contributed by atoms with E-state index in [1.165, 1.54) is 36.4 Å². The predicted molar refractivity (Wildman–Crippen MR) is 208 cm³/mol. The summed E-state index contributed by atoms with van der Waals surface area (Å²) >= 11 is 12.8. The number of piperidine rings is 3. The molecule has 3 aliphatic heterocycles. The topological polar surface area (TPSA) is 147 Å². The number of aromatic nitrogens is 1. The van der Waals surface area contributed by atoms with E-state index in [4.69, 9.17) is 37.4 Å². The fourth-order valence-corrected chi connectivity index (χ4v) is 8.96. The fraction of sp³-hybridized carbons (Fsp3) is 0.390. The van der Waals surface area contributed by atoms with Gasteiger partial charge in [0.15, 0.2) is 23.9 Å². The number of sulfonamides is 1. The van der Waals surface area contributed by atoms with Crippen molar-refractivity contribution in [1.82, 2.24) is 9.62 Å². The Bertz CT molecular complexity index is 2230. The molecule has 2 unspecified atom stereocenters. The second-order valence-electron chi connectivity index (χ2n) is 14.8. The Labute approximate surface area is 344 Å². The molecular weight excluding hydrogens is 819 g/mol. The number of fused-ring (bicyclic) bond motifs is 3. The van der Waals surface area contributed by atoms with E-state index in [-0.39, 0.29) is 74.1 Å². The lowest BCUT2D eigenvalue weighted by Crippen LogP contribution is -2.52. The highest BCUT2D eigenvalue weighted by Crippen LogP contribution is 2.38. The second-order valence-corrected chi connectivity index (χ2v) is 17.4. The largest absolute Gasteiger partial charge is 0.619 e. The first-order chi connectivity index (χ1) is 27.7. The molecule has 3 aromatic carbocycles. The smallest absolute Gasteiger partial charge is 0.387 e. The number of esters is 2. The van der Waals surface area contributed by atoms with Crippen LogP contribution >= 0.6 is 23.2 Å². The molecule has 1 aromatic heterocycles. The van der Waals surface area contributed by atoms with E-state index < -0.39 is 40.7 Å².